The van der Waals surface area contributed by atoms with Gasteiger partial charge in [-0.05, 0) is 36.4 Å². The Morgan fingerprint density at radius 2 is 1.64 bits per heavy atom. The third-order valence-corrected chi connectivity index (χ3v) is 4.83. The summed E-state index contributed by atoms with van der Waals surface area (Å²) in [5, 5.41) is 4.88. The molecule has 1 aliphatic rings. The molecule has 0 atom stereocenters. The van der Waals surface area contributed by atoms with E-state index >= 15 is 0 Å². The summed E-state index contributed by atoms with van der Waals surface area (Å²) >= 11 is 3.40. The number of carbonyl (C=O) groups excluding carboxylic acids is 1. The number of ketones is 1. The molecule has 0 amide bonds. The first-order chi connectivity index (χ1) is 12.2. The van der Waals surface area contributed by atoms with Gasteiger partial charge in [-0.2, -0.15) is 0 Å². The molecule has 0 radical (unpaired) electrons. The van der Waals surface area contributed by atoms with E-state index in [9.17, 15) is 4.79 Å². The van der Waals surface area contributed by atoms with Gasteiger partial charge in [-0.1, -0.05) is 45.4 Å². The molecular weight excluding hydrogens is 382 g/mol. The van der Waals surface area contributed by atoms with Crippen LogP contribution in [0.4, 0.5) is 0 Å². The van der Waals surface area contributed by atoms with Gasteiger partial charge < -0.3 is 9.26 Å². The van der Waals surface area contributed by atoms with Crippen molar-refractivity contribution in [2.24, 2.45) is 0 Å². The van der Waals surface area contributed by atoms with E-state index in [2.05, 4.69) is 21.1 Å². The average Bonchev–Trinajstić information content (AvgIpc) is 3.09. The highest BCUT2D eigenvalue weighted by Crippen LogP contribution is 2.43. The van der Waals surface area contributed by atoms with Crippen LogP contribution in [0.3, 0.4) is 0 Å². The van der Waals surface area contributed by atoms with E-state index in [1.165, 1.54) is 0 Å². The van der Waals surface area contributed by atoms with Crippen LogP contribution in [0.1, 0.15) is 15.9 Å². The second kappa shape index (κ2) is 5.29. The SMILES string of the molecule is O=C1c2ccccc2-c2onc3c(Oc4ccc(Br)cc4)ccc1c23. The number of halogens is 1. The van der Waals surface area contributed by atoms with Crippen LogP contribution in [-0.2, 0) is 0 Å². The van der Waals surface area contributed by atoms with Crippen molar-refractivity contribution in [3.05, 3.63) is 76.3 Å². The lowest BCUT2D eigenvalue weighted by Crippen LogP contribution is -2.08. The summed E-state index contributed by atoms with van der Waals surface area (Å²) in [4.78, 5) is 12.8. The zero-order chi connectivity index (χ0) is 17.0. The Hall–Kier alpha value is -2.92. The number of benzene rings is 3. The monoisotopic (exact) mass is 391 g/mol. The van der Waals surface area contributed by atoms with Crippen LogP contribution in [0.25, 0.3) is 22.2 Å². The molecule has 0 N–H and O–H groups in total. The lowest BCUT2D eigenvalue weighted by atomic mass is 9.88. The number of hydrogen-bond acceptors (Lipinski definition) is 4. The van der Waals surface area contributed by atoms with Crippen LogP contribution < -0.4 is 4.74 Å². The lowest BCUT2D eigenvalue weighted by molar-refractivity contribution is 0.104. The van der Waals surface area contributed by atoms with Crippen molar-refractivity contribution in [3.63, 3.8) is 0 Å². The molecule has 0 fully saturated rings. The summed E-state index contributed by atoms with van der Waals surface area (Å²) in [5.74, 6) is 1.83. The zero-order valence-corrected chi connectivity index (χ0v) is 14.4. The van der Waals surface area contributed by atoms with Crippen molar-refractivity contribution >= 4 is 32.6 Å². The highest BCUT2D eigenvalue weighted by Gasteiger charge is 2.30. The van der Waals surface area contributed by atoms with E-state index < -0.39 is 0 Å². The van der Waals surface area contributed by atoms with Crippen molar-refractivity contribution in [1.29, 1.82) is 0 Å². The molecule has 0 bridgehead atoms. The molecule has 25 heavy (non-hydrogen) atoms. The van der Waals surface area contributed by atoms with Gasteiger partial charge in [0.25, 0.3) is 0 Å². The van der Waals surface area contributed by atoms with Gasteiger partial charge in [-0.3, -0.25) is 4.79 Å². The van der Waals surface area contributed by atoms with Crippen LogP contribution in [0, 0.1) is 0 Å². The van der Waals surface area contributed by atoms with Crippen LogP contribution >= 0.6 is 15.9 Å². The molecule has 3 aromatic carbocycles. The maximum absolute atomic E-state index is 12.8. The Morgan fingerprint density at radius 1 is 0.880 bits per heavy atom. The number of fused-ring (bicyclic) bond motifs is 2. The molecule has 0 aliphatic heterocycles. The largest absolute Gasteiger partial charge is 0.455 e. The van der Waals surface area contributed by atoms with Crippen molar-refractivity contribution in [1.82, 2.24) is 5.16 Å². The Kier molecular flexibility index (Phi) is 3.05. The number of aromatic nitrogens is 1. The maximum Gasteiger partial charge on any atom is 0.194 e. The molecule has 1 aromatic heterocycles. The van der Waals surface area contributed by atoms with E-state index in [0.29, 0.717) is 39.3 Å². The van der Waals surface area contributed by atoms with Crippen LogP contribution in [0.5, 0.6) is 11.5 Å². The van der Waals surface area contributed by atoms with Gasteiger partial charge in [0.1, 0.15) is 5.75 Å². The second-order valence-corrected chi connectivity index (χ2v) is 6.69. The van der Waals surface area contributed by atoms with E-state index in [1.54, 1.807) is 18.2 Å². The first-order valence-corrected chi connectivity index (χ1v) is 8.51. The van der Waals surface area contributed by atoms with Crippen molar-refractivity contribution in [2.75, 3.05) is 0 Å². The van der Waals surface area contributed by atoms with E-state index in [4.69, 9.17) is 9.26 Å². The third kappa shape index (κ3) is 2.13. The number of carbonyl (C=O) groups is 1. The summed E-state index contributed by atoms with van der Waals surface area (Å²) in [6.07, 6.45) is 0. The second-order valence-electron chi connectivity index (χ2n) is 5.78. The molecule has 120 valence electrons. The minimum atomic E-state index is -0.0218. The van der Waals surface area contributed by atoms with E-state index in [0.717, 1.165) is 10.0 Å². The summed E-state index contributed by atoms with van der Waals surface area (Å²) in [6.45, 7) is 0. The predicted molar refractivity (Wildman–Crippen MR) is 97.1 cm³/mol. The minimum Gasteiger partial charge on any atom is -0.455 e. The van der Waals surface area contributed by atoms with Gasteiger partial charge >= 0.3 is 0 Å². The Bertz CT molecular complexity index is 1150. The molecule has 0 saturated carbocycles. The average molecular weight is 392 g/mol. The molecule has 5 rings (SSSR count). The summed E-state index contributed by atoms with van der Waals surface area (Å²) in [7, 11) is 0. The molecule has 1 aliphatic carbocycles. The molecule has 0 saturated heterocycles. The molecular formula is C20H10BrNO3. The molecule has 4 aromatic rings. The number of rotatable bonds is 2. The van der Waals surface area contributed by atoms with Gasteiger partial charge in [0.15, 0.2) is 22.8 Å². The fourth-order valence-electron chi connectivity index (χ4n) is 3.14. The lowest BCUT2D eigenvalue weighted by Gasteiger charge is -2.14. The third-order valence-electron chi connectivity index (χ3n) is 4.30. The van der Waals surface area contributed by atoms with Crippen molar-refractivity contribution < 1.29 is 14.1 Å². The van der Waals surface area contributed by atoms with E-state index in [1.807, 2.05) is 42.5 Å². The Labute approximate surface area is 151 Å². The standard InChI is InChI=1S/C20H10BrNO3/c21-11-5-7-12(8-6-11)24-16-10-9-15-17-18(16)22-25-20(17)14-4-2-1-3-13(14)19(15)23/h1-10H. The van der Waals surface area contributed by atoms with Crippen molar-refractivity contribution in [2.45, 2.75) is 0 Å². The number of ether oxygens (including phenoxy) is 1. The van der Waals surface area contributed by atoms with Gasteiger partial charge in [-0.15, -0.1) is 0 Å². The first kappa shape index (κ1) is 14.4. The quantitative estimate of drug-likeness (QED) is 0.393. The van der Waals surface area contributed by atoms with Gasteiger partial charge in [0, 0.05) is 21.2 Å². The summed E-state index contributed by atoms with van der Waals surface area (Å²) in [5.41, 5.74) is 2.55. The normalized spacial score (nSPS) is 12.3. The fourth-order valence-corrected chi connectivity index (χ4v) is 3.40. The van der Waals surface area contributed by atoms with Gasteiger partial charge in [0.2, 0.25) is 0 Å². The Morgan fingerprint density at radius 3 is 2.44 bits per heavy atom. The van der Waals surface area contributed by atoms with Crippen LogP contribution in [-0.4, -0.2) is 10.9 Å². The molecule has 1 heterocycles. The number of hydrogen-bond donors (Lipinski definition) is 0. The highest BCUT2D eigenvalue weighted by atomic mass is 79.9. The minimum absolute atomic E-state index is 0.0218. The summed E-state index contributed by atoms with van der Waals surface area (Å²) < 4.78 is 12.5. The van der Waals surface area contributed by atoms with Crippen LogP contribution in [0.2, 0.25) is 0 Å². The Balaban J connectivity index is 1.70. The van der Waals surface area contributed by atoms with E-state index in [-0.39, 0.29) is 5.78 Å². The predicted octanol–water partition coefficient (Wildman–Crippen LogP) is 5.59. The molecule has 4 nitrogen and oxygen atoms in total. The first-order valence-electron chi connectivity index (χ1n) is 7.72. The molecule has 0 spiro atoms. The zero-order valence-electron chi connectivity index (χ0n) is 12.8. The topological polar surface area (TPSA) is 52.3 Å². The van der Waals surface area contributed by atoms with Gasteiger partial charge in [-0.25, -0.2) is 0 Å². The smallest absolute Gasteiger partial charge is 0.194 e. The number of nitrogens with zero attached hydrogens (tertiary/aromatic N) is 1. The van der Waals surface area contributed by atoms with Crippen molar-refractivity contribution in [3.8, 4) is 22.8 Å². The highest BCUT2D eigenvalue weighted by molar-refractivity contribution is 9.10. The fraction of sp³-hybridized carbons (Fsp3) is 0. The van der Waals surface area contributed by atoms with Crippen LogP contribution in [0.15, 0.2) is 69.7 Å². The molecule has 5 heteroatoms. The van der Waals surface area contributed by atoms with Gasteiger partial charge in [0.05, 0.1) is 5.39 Å². The summed E-state index contributed by atoms with van der Waals surface area (Å²) in [6, 6.07) is 18.5. The molecule has 0 unspecified atom stereocenters. The maximum atomic E-state index is 12.8.